The summed E-state index contributed by atoms with van der Waals surface area (Å²) < 4.78 is 10.9. The normalized spacial score (nSPS) is 27.2. The van der Waals surface area contributed by atoms with Crippen LogP contribution in [0.4, 0.5) is 5.69 Å². The molecule has 4 aliphatic rings. The van der Waals surface area contributed by atoms with Crippen LogP contribution in [0.3, 0.4) is 0 Å². The van der Waals surface area contributed by atoms with E-state index in [1.54, 1.807) is 25.1 Å². The van der Waals surface area contributed by atoms with Gasteiger partial charge in [0.05, 0.1) is 43.3 Å². The van der Waals surface area contributed by atoms with Gasteiger partial charge in [-0.15, -0.1) is 0 Å². The number of carbonyl (C=O) groups excluding carboxylic acids is 2. The molecular formula is C28H25NO5. The molecule has 1 saturated heterocycles. The van der Waals surface area contributed by atoms with Crippen molar-refractivity contribution in [3.8, 4) is 11.5 Å². The molecule has 3 aromatic carbocycles. The van der Waals surface area contributed by atoms with E-state index in [1.165, 1.54) is 19.1 Å². The molecule has 1 N–H and O–H groups in total. The predicted octanol–water partition coefficient (Wildman–Crippen LogP) is 3.64. The summed E-state index contributed by atoms with van der Waals surface area (Å²) in [5, 5.41) is 11.4. The standard InChI is InChI=1S/C28H25NO5/c1-15(30)28-19-10-6-4-8-17(19)23(18-9-5-7-11-20(18)28)24-25(28)27(32)29(26(24)31)21-14-16(33-2)12-13-22(21)34-3/h4-15,23-25,30H,1-3H3. The lowest BCUT2D eigenvalue weighted by atomic mass is 9.46. The molecule has 3 aromatic rings. The summed E-state index contributed by atoms with van der Waals surface area (Å²) in [7, 11) is 3.05. The molecule has 2 amide bonds. The number of imide groups is 1. The van der Waals surface area contributed by atoms with Gasteiger partial charge in [0.2, 0.25) is 11.8 Å². The third-order valence-electron chi connectivity index (χ3n) is 7.97. The number of hydrogen-bond acceptors (Lipinski definition) is 5. The van der Waals surface area contributed by atoms with E-state index in [2.05, 4.69) is 0 Å². The van der Waals surface area contributed by atoms with Gasteiger partial charge in [0.1, 0.15) is 11.5 Å². The van der Waals surface area contributed by atoms with Crippen LogP contribution in [-0.2, 0) is 15.0 Å². The smallest absolute Gasteiger partial charge is 0.239 e. The molecule has 3 aliphatic carbocycles. The summed E-state index contributed by atoms with van der Waals surface area (Å²) in [4.78, 5) is 29.6. The van der Waals surface area contributed by atoms with Crippen LogP contribution >= 0.6 is 0 Å². The molecule has 6 nitrogen and oxygen atoms in total. The Hall–Kier alpha value is -3.64. The lowest BCUT2D eigenvalue weighted by molar-refractivity contribution is -0.126. The summed E-state index contributed by atoms with van der Waals surface area (Å²) in [6.45, 7) is 1.73. The van der Waals surface area contributed by atoms with E-state index in [9.17, 15) is 14.7 Å². The molecule has 7 rings (SSSR count). The fourth-order valence-electron chi connectivity index (χ4n) is 6.75. The molecule has 1 heterocycles. The maximum absolute atomic E-state index is 14.2. The lowest BCUT2D eigenvalue weighted by Crippen LogP contribution is -2.58. The van der Waals surface area contributed by atoms with Crippen LogP contribution in [0.1, 0.15) is 35.1 Å². The van der Waals surface area contributed by atoms with Gasteiger partial charge in [0.25, 0.3) is 0 Å². The van der Waals surface area contributed by atoms with Gasteiger partial charge < -0.3 is 14.6 Å². The highest BCUT2D eigenvalue weighted by molar-refractivity contribution is 6.24. The van der Waals surface area contributed by atoms with E-state index in [4.69, 9.17) is 9.47 Å². The monoisotopic (exact) mass is 455 g/mol. The molecule has 1 fully saturated rings. The quantitative estimate of drug-likeness (QED) is 0.608. The Bertz CT molecular complexity index is 1300. The lowest BCUT2D eigenvalue weighted by Gasteiger charge is -2.55. The van der Waals surface area contributed by atoms with Crippen molar-refractivity contribution < 1.29 is 24.2 Å². The van der Waals surface area contributed by atoms with Crippen molar-refractivity contribution in [2.24, 2.45) is 11.8 Å². The highest BCUT2D eigenvalue weighted by atomic mass is 16.5. The number of aliphatic hydroxyl groups is 1. The minimum absolute atomic E-state index is 0.268. The highest BCUT2D eigenvalue weighted by Gasteiger charge is 2.69. The van der Waals surface area contributed by atoms with E-state index < -0.39 is 23.4 Å². The molecule has 34 heavy (non-hydrogen) atoms. The third-order valence-corrected chi connectivity index (χ3v) is 7.97. The summed E-state index contributed by atoms with van der Waals surface area (Å²) in [6, 6.07) is 20.9. The molecule has 0 saturated carbocycles. The average Bonchev–Trinajstić information content (AvgIpc) is 3.13. The zero-order valence-corrected chi connectivity index (χ0v) is 19.2. The molecule has 172 valence electrons. The Kier molecular flexibility index (Phi) is 4.42. The number of amides is 2. The number of anilines is 1. The first-order valence-corrected chi connectivity index (χ1v) is 11.4. The Morgan fingerprint density at radius 2 is 1.50 bits per heavy atom. The molecule has 0 aromatic heterocycles. The molecule has 3 atom stereocenters. The van der Waals surface area contributed by atoms with E-state index in [1.807, 2.05) is 48.5 Å². The van der Waals surface area contributed by atoms with Crippen LogP contribution < -0.4 is 14.4 Å². The molecule has 1 aliphatic heterocycles. The van der Waals surface area contributed by atoms with Gasteiger partial charge in [0.15, 0.2) is 0 Å². The average molecular weight is 456 g/mol. The first-order valence-electron chi connectivity index (χ1n) is 11.4. The number of nitrogens with zero attached hydrogens (tertiary/aromatic N) is 1. The second-order valence-electron chi connectivity index (χ2n) is 9.25. The Labute approximate surface area is 197 Å². The van der Waals surface area contributed by atoms with Crippen LogP contribution in [0.2, 0.25) is 0 Å². The van der Waals surface area contributed by atoms with Gasteiger partial charge in [-0.1, -0.05) is 48.5 Å². The van der Waals surface area contributed by atoms with Gasteiger partial charge in [-0.25, -0.2) is 4.90 Å². The van der Waals surface area contributed by atoms with Gasteiger partial charge in [-0.3, -0.25) is 9.59 Å². The summed E-state index contributed by atoms with van der Waals surface area (Å²) in [6.07, 6.45) is -0.896. The number of hydrogen-bond donors (Lipinski definition) is 1. The van der Waals surface area contributed by atoms with Crippen molar-refractivity contribution >= 4 is 17.5 Å². The van der Waals surface area contributed by atoms with Crippen molar-refractivity contribution in [2.45, 2.75) is 24.4 Å². The number of benzene rings is 3. The van der Waals surface area contributed by atoms with Gasteiger partial charge in [0, 0.05) is 12.0 Å². The fourth-order valence-corrected chi connectivity index (χ4v) is 6.75. The van der Waals surface area contributed by atoms with Crippen LogP contribution in [0.25, 0.3) is 0 Å². The van der Waals surface area contributed by atoms with E-state index in [-0.39, 0.29) is 17.7 Å². The van der Waals surface area contributed by atoms with E-state index in [0.717, 1.165) is 22.3 Å². The maximum Gasteiger partial charge on any atom is 0.239 e. The van der Waals surface area contributed by atoms with E-state index >= 15 is 0 Å². The van der Waals surface area contributed by atoms with Crippen LogP contribution in [0, 0.1) is 11.8 Å². The van der Waals surface area contributed by atoms with Crippen LogP contribution in [0.5, 0.6) is 11.5 Å². The Balaban J connectivity index is 1.64. The van der Waals surface area contributed by atoms with Gasteiger partial charge in [-0.05, 0) is 41.3 Å². The Morgan fingerprint density at radius 1 is 0.882 bits per heavy atom. The number of rotatable bonds is 4. The molecular weight excluding hydrogens is 430 g/mol. The van der Waals surface area contributed by atoms with Crippen molar-refractivity contribution in [3.05, 3.63) is 89.0 Å². The highest BCUT2D eigenvalue weighted by Crippen LogP contribution is 2.65. The topological polar surface area (TPSA) is 76.1 Å². The second-order valence-corrected chi connectivity index (χ2v) is 9.25. The van der Waals surface area contributed by atoms with Gasteiger partial charge >= 0.3 is 0 Å². The van der Waals surface area contributed by atoms with Crippen molar-refractivity contribution in [3.63, 3.8) is 0 Å². The summed E-state index contributed by atoms with van der Waals surface area (Å²) >= 11 is 0. The maximum atomic E-state index is 14.2. The zero-order valence-electron chi connectivity index (χ0n) is 19.2. The summed E-state index contributed by atoms with van der Waals surface area (Å²) in [5.41, 5.74) is 3.19. The molecule has 3 unspecified atom stereocenters. The molecule has 6 heteroatoms. The minimum atomic E-state index is -1.03. The summed E-state index contributed by atoms with van der Waals surface area (Å²) in [5.74, 6) is -1.29. The molecule has 0 spiro atoms. The SMILES string of the molecule is COc1ccc(OC)c(N2C(=O)C3C4c5ccccc5C(C(C)O)(c5ccccc54)C3C2=O)c1. The fraction of sp³-hybridized carbons (Fsp3) is 0.286. The first-order chi connectivity index (χ1) is 16.5. The largest absolute Gasteiger partial charge is 0.497 e. The third kappa shape index (κ3) is 2.33. The second kappa shape index (κ2) is 7.18. The van der Waals surface area contributed by atoms with Crippen LogP contribution in [0.15, 0.2) is 66.7 Å². The number of aliphatic hydroxyl groups excluding tert-OH is 1. The Morgan fingerprint density at radius 3 is 2.06 bits per heavy atom. The first kappa shape index (κ1) is 20.9. The number of methoxy groups -OCH3 is 2. The van der Waals surface area contributed by atoms with Gasteiger partial charge in [-0.2, -0.15) is 0 Å². The zero-order chi connectivity index (χ0) is 23.8. The number of ether oxygens (including phenoxy) is 2. The van der Waals surface area contributed by atoms with Crippen molar-refractivity contribution in [2.75, 3.05) is 19.1 Å². The van der Waals surface area contributed by atoms with Crippen molar-refractivity contribution in [1.82, 2.24) is 0 Å². The molecule has 2 bridgehead atoms. The minimum Gasteiger partial charge on any atom is -0.497 e. The number of carbonyl (C=O) groups is 2. The molecule has 0 radical (unpaired) electrons. The predicted molar refractivity (Wildman–Crippen MR) is 126 cm³/mol. The van der Waals surface area contributed by atoms with Crippen molar-refractivity contribution in [1.29, 1.82) is 0 Å². The van der Waals surface area contributed by atoms with E-state index in [0.29, 0.717) is 17.2 Å². The van der Waals surface area contributed by atoms with Crippen LogP contribution in [-0.4, -0.2) is 37.2 Å².